The Hall–Kier alpha value is -2.93. The van der Waals surface area contributed by atoms with Crippen LogP contribution in [0.4, 0.5) is 0 Å². The van der Waals surface area contributed by atoms with Crippen molar-refractivity contribution in [2.45, 2.75) is 18.9 Å². The second-order valence-electron chi connectivity index (χ2n) is 8.72. The summed E-state index contributed by atoms with van der Waals surface area (Å²) in [7, 11) is 0. The largest absolute Gasteiger partial charge is 0.506 e. The number of aromatic hydroxyl groups is 1. The second-order valence-corrected chi connectivity index (χ2v) is 11.3. The molecule has 0 fully saturated rings. The van der Waals surface area contributed by atoms with Gasteiger partial charge >= 0.3 is 10.8 Å². The quantitative estimate of drug-likeness (QED) is 0.116. The van der Waals surface area contributed by atoms with Gasteiger partial charge in [0.15, 0.2) is 0 Å². The van der Waals surface area contributed by atoms with Crippen molar-refractivity contribution in [3.05, 3.63) is 92.3 Å². The van der Waals surface area contributed by atoms with Gasteiger partial charge in [0.2, 0.25) is 0 Å². The molecule has 0 unspecified atom stereocenters. The molecule has 0 saturated carbocycles. The summed E-state index contributed by atoms with van der Waals surface area (Å²) >= 11 is 9.04. The molecule has 1 atom stereocenters. The number of hydrogen-bond acceptors (Lipinski definition) is 9. The van der Waals surface area contributed by atoms with Gasteiger partial charge in [-0.2, -0.15) is 11.8 Å². The lowest BCUT2D eigenvalue weighted by Crippen LogP contribution is -2.24. The van der Waals surface area contributed by atoms with Crippen LogP contribution in [0, 0.1) is 0 Å². The maximum absolute atomic E-state index is 11.6. The number of nitrogens with zero attached hydrogens (tertiary/aromatic N) is 1. The van der Waals surface area contributed by atoms with Crippen LogP contribution in [0.1, 0.15) is 34.0 Å². The molecular formula is C28H33ClN4O5S2. The number of carbonyl (C=O) groups is 1. The van der Waals surface area contributed by atoms with Crippen molar-refractivity contribution in [3.63, 3.8) is 0 Å². The molecule has 0 radical (unpaired) electrons. The van der Waals surface area contributed by atoms with Gasteiger partial charge in [-0.3, -0.25) is 9.78 Å². The van der Waals surface area contributed by atoms with Gasteiger partial charge in [0.25, 0.3) is 0 Å². The first-order valence-electron chi connectivity index (χ1n) is 12.8. The lowest BCUT2D eigenvalue weighted by molar-refractivity contribution is 0.0696. The van der Waals surface area contributed by atoms with Crippen molar-refractivity contribution in [1.82, 2.24) is 20.6 Å². The van der Waals surface area contributed by atoms with E-state index in [0.29, 0.717) is 22.3 Å². The number of aromatic carboxylic acids is 1. The third-order valence-corrected chi connectivity index (χ3v) is 8.16. The predicted molar refractivity (Wildman–Crippen MR) is 163 cm³/mol. The molecule has 9 nitrogen and oxygen atoms in total. The molecule has 2 aromatic carbocycles. The molecular weight excluding hydrogens is 572 g/mol. The van der Waals surface area contributed by atoms with Gasteiger partial charge in [-0.25, -0.2) is 4.79 Å². The summed E-state index contributed by atoms with van der Waals surface area (Å²) in [6, 6.07) is 14.2. The van der Waals surface area contributed by atoms with E-state index in [1.165, 1.54) is 30.1 Å². The number of aliphatic hydroxyl groups excluding tert-OH is 1. The Kier molecular flexibility index (Phi) is 13.4. The Morgan fingerprint density at radius 1 is 1.07 bits per heavy atom. The number of carboxylic acid groups (broad SMARTS) is 1. The molecule has 12 heteroatoms. The fourth-order valence-corrected chi connectivity index (χ4v) is 5.72. The standard InChI is InChI=1S/C22H28ClN3O3S2.C6H5NO2/c23-17-5-2-1-4-15(17)8-10-24-9-3-12-30-13-11-25-14-19(28)16-6-7-18(27)20-21(16)31-22(29)26-20;8-6(9)5-2-1-3-7-4-5/h1-2,4-7,19,24-25,27-28H,3,8-14H2,(H,26,29);1-4H,(H,8,9)/t19-;/m0./s1. The Bertz CT molecular complexity index is 1400. The number of benzene rings is 2. The Morgan fingerprint density at radius 3 is 2.62 bits per heavy atom. The van der Waals surface area contributed by atoms with Gasteiger partial charge in [0.1, 0.15) is 11.3 Å². The fraction of sp³-hybridized carbons (Fsp3) is 0.321. The molecule has 0 bridgehead atoms. The minimum Gasteiger partial charge on any atom is -0.506 e. The highest BCUT2D eigenvalue weighted by atomic mass is 35.5. The van der Waals surface area contributed by atoms with Crippen LogP contribution in [-0.4, -0.2) is 68.9 Å². The van der Waals surface area contributed by atoms with E-state index >= 15 is 0 Å². The summed E-state index contributed by atoms with van der Waals surface area (Å²) < 4.78 is 0.607. The lowest BCUT2D eigenvalue weighted by atomic mass is 10.1. The molecule has 0 amide bonds. The molecule has 40 heavy (non-hydrogen) atoms. The smallest absolute Gasteiger partial charge is 0.337 e. The van der Waals surface area contributed by atoms with Crippen LogP contribution in [0.15, 0.2) is 65.7 Å². The summed E-state index contributed by atoms with van der Waals surface area (Å²) in [6.45, 7) is 3.11. The first-order valence-corrected chi connectivity index (χ1v) is 15.1. The molecule has 0 aliphatic rings. The highest BCUT2D eigenvalue weighted by molar-refractivity contribution is 7.99. The molecule has 4 rings (SSSR count). The van der Waals surface area contributed by atoms with E-state index in [1.54, 1.807) is 12.1 Å². The highest BCUT2D eigenvalue weighted by Crippen LogP contribution is 2.31. The van der Waals surface area contributed by atoms with E-state index in [1.807, 2.05) is 30.0 Å². The third kappa shape index (κ3) is 10.2. The Labute approximate surface area is 245 Å². The minimum absolute atomic E-state index is 0.0204. The second kappa shape index (κ2) is 17.0. The lowest BCUT2D eigenvalue weighted by Gasteiger charge is -2.13. The number of rotatable bonds is 14. The van der Waals surface area contributed by atoms with Crippen LogP contribution in [0.5, 0.6) is 5.75 Å². The number of aliphatic hydroxyl groups is 1. The van der Waals surface area contributed by atoms with Crippen molar-refractivity contribution in [3.8, 4) is 5.75 Å². The Morgan fingerprint density at radius 2 is 1.90 bits per heavy atom. The Balaban J connectivity index is 0.000000415. The number of carboxylic acids is 1. The zero-order chi connectivity index (χ0) is 28.7. The van der Waals surface area contributed by atoms with E-state index in [9.17, 15) is 19.8 Å². The number of hydrogen-bond donors (Lipinski definition) is 6. The zero-order valence-electron chi connectivity index (χ0n) is 21.8. The number of aromatic nitrogens is 2. The SMILES string of the molecule is O=C(O)c1cccnc1.O=c1[nH]c2c(O)ccc([C@@H](O)CNCCSCCCNCCc3ccccc3Cl)c2s1. The minimum atomic E-state index is -0.942. The van der Waals surface area contributed by atoms with Crippen LogP contribution in [0.3, 0.4) is 0 Å². The third-order valence-electron chi connectivity index (χ3n) is 5.79. The fourth-order valence-electron chi connectivity index (χ4n) is 3.73. The van der Waals surface area contributed by atoms with E-state index in [2.05, 4.69) is 26.7 Å². The average molecular weight is 605 g/mol. The van der Waals surface area contributed by atoms with Gasteiger partial charge in [0.05, 0.1) is 16.4 Å². The van der Waals surface area contributed by atoms with Crippen LogP contribution in [0.25, 0.3) is 10.2 Å². The van der Waals surface area contributed by atoms with E-state index in [0.717, 1.165) is 60.3 Å². The summed E-state index contributed by atoms with van der Waals surface area (Å²) in [5.74, 6) is 1.13. The van der Waals surface area contributed by atoms with Crippen molar-refractivity contribution < 1.29 is 20.1 Å². The summed E-state index contributed by atoms with van der Waals surface area (Å²) in [4.78, 5) is 27.7. The van der Waals surface area contributed by atoms with Crippen molar-refractivity contribution in [1.29, 1.82) is 0 Å². The first kappa shape index (κ1) is 31.6. The summed E-state index contributed by atoms with van der Waals surface area (Å²) in [5.41, 5.74) is 2.44. The molecule has 2 aromatic heterocycles. The van der Waals surface area contributed by atoms with E-state index < -0.39 is 12.1 Å². The van der Waals surface area contributed by atoms with Crippen molar-refractivity contribution in [2.75, 3.05) is 37.7 Å². The van der Waals surface area contributed by atoms with Gasteiger partial charge < -0.3 is 30.9 Å². The number of halogens is 1. The van der Waals surface area contributed by atoms with E-state index in [-0.39, 0.29) is 16.2 Å². The number of fused-ring (bicyclic) bond motifs is 1. The predicted octanol–water partition coefficient (Wildman–Crippen LogP) is 4.31. The number of H-pyrrole nitrogens is 1. The van der Waals surface area contributed by atoms with Gasteiger partial charge in [0, 0.05) is 41.8 Å². The van der Waals surface area contributed by atoms with Crippen LogP contribution >= 0.6 is 34.7 Å². The topological polar surface area (TPSA) is 148 Å². The number of aromatic amines is 1. The average Bonchev–Trinajstić information content (AvgIpc) is 3.35. The molecule has 4 aromatic rings. The van der Waals surface area contributed by atoms with Gasteiger partial charge in [-0.1, -0.05) is 47.2 Å². The number of thiazole rings is 1. The molecule has 6 N–H and O–H groups in total. The summed E-state index contributed by atoms with van der Waals surface area (Å²) in [6.07, 6.45) is 4.15. The van der Waals surface area contributed by atoms with Gasteiger partial charge in [-0.15, -0.1) is 0 Å². The van der Waals surface area contributed by atoms with Crippen LogP contribution in [0.2, 0.25) is 5.02 Å². The monoisotopic (exact) mass is 604 g/mol. The number of thioether (sulfide) groups is 1. The molecule has 0 aliphatic heterocycles. The molecule has 2 heterocycles. The zero-order valence-corrected chi connectivity index (χ0v) is 24.2. The number of nitrogens with one attached hydrogen (secondary N) is 3. The molecule has 0 aliphatic carbocycles. The van der Waals surface area contributed by atoms with Crippen LogP contribution in [-0.2, 0) is 6.42 Å². The summed E-state index contributed by atoms with van der Waals surface area (Å²) in [5, 5.41) is 36.2. The van der Waals surface area contributed by atoms with Crippen LogP contribution < -0.4 is 15.5 Å². The highest BCUT2D eigenvalue weighted by Gasteiger charge is 2.15. The van der Waals surface area contributed by atoms with Crippen molar-refractivity contribution >= 4 is 50.9 Å². The first-order chi connectivity index (χ1) is 19.4. The van der Waals surface area contributed by atoms with E-state index in [4.69, 9.17) is 16.7 Å². The number of pyridine rings is 1. The molecule has 0 saturated heterocycles. The molecule has 214 valence electrons. The van der Waals surface area contributed by atoms with Gasteiger partial charge in [-0.05, 0) is 61.5 Å². The molecule has 0 spiro atoms. The normalized spacial score (nSPS) is 11.7. The number of phenolic OH excluding ortho intramolecular Hbond substituents is 1. The number of phenols is 1. The maximum atomic E-state index is 11.6. The maximum Gasteiger partial charge on any atom is 0.337 e. The van der Waals surface area contributed by atoms with Crippen molar-refractivity contribution in [2.24, 2.45) is 0 Å².